The third kappa shape index (κ3) is 6.34. The van der Waals surface area contributed by atoms with E-state index in [2.05, 4.69) is 15.7 Å². The van der Waals surface area contributed by atoms with Crippen molar-refractivity contribution in [1.82, 2.24) is 15.1 Å². The first-order chi connectivity index (χ1) is 14.9. The van der Waals surface area contributed by atoms with Gasteiger partial charge in [0.15, 0.2) is 0 Å². The molecule has 0 bridgehead atoms. The normalized spacial score (nSPS) is 11.6. The molecule has 31 heavy (non-hydrogen) atoms. The first-order valence-electron chi connectivity index (χ1n) is 9.54. The number of carbonyl (C=O) groups is 2. The van der Waals surface area contributed by atoms with Gasteiger partial charge >= 0.3 is 0 Å². The molecule has 0 aliphatic rings. The third-order valence-corrected chi connectivity index (χ3v) is 4.32. The molecule has 2 amide bonds. The predicted octanol–water partition coefficient (Wildman–Crippen LogP) is 1.60. The highest BCUT2D eigenvalue weighted by Gasteiger charge is 2.13. The van der Waals surface area contributed by atoms with Crippen LogP contribution in [-0.4, -0.2) is 53.1 Å². The highest BCUT2D eigenvalue weighted by atomic mass is 16.5. The number of hydrogen-bond donors (Lipinski definition) is 3. The van der Waals surface area contributed by atoms with E-state index in [1.807, 2.05) is 0 Å². The van der Waals surface area contributed by atoms with E-state index in [1.54, 1.807) is 44.4 Å². The van der Waals surface area contributed by atoms with Crippen molar-refractivity contribution in [2.24, 2.45) is 0 Å². The van der Waals surface area contributed by atoms with Gasteiger partial charge in [0.2, 0.25) is 5.91 Å². The summed E-state index contributed by atoms with van der Waals surface area (Å²) >= 11 is 0. The van der Waals surface area contributed by atoms with Crippen molar-refractivity contribution >= 4 is 17.5 Å². The van der Waals surface area contributed by atoms with Crippen LogP contribution in [0.25, 0.3) is 0 Å². The molecule has 10 heteroatoms. The van der Waals surface area contributed by atoms with Crippen LogP contribution < -0.4 is 20.1 Å². The van der Waals surface area contributed by atoms with Gasteiger partial charge in [-0.3, -0.25) is 14.3 Å². The molecule has 1 unspecified atom stereocenters. The number of anilines is 1. The zero-order valence-corrected chi connectivity index (χ0v) is 17.2. The molecular formula is C21H24N4O6. The van der Waals surface area contributed by atoms with Crippen LogP contribution in [0.4, 0.5) is 5.69 Å². The van der Waals surface area contributed by atoms with Gasteiger partial charge in [0.25, 0.3) is 5.91 Å². The van der Waals surface area contributed by atoms with Gasteiger partial charge in [0.05, 0.1) is 30.8 Å². The van der Waals surface area contributed by atoms with Gasteiger partial charge in [-0.15, -0.1) is 0 Å². The smallest absolute Gasteiger partial charge is 0.259 e. The number of carbonyl (C=O) groups excluding carboxylic acids is 2. The van der Waals surface area contributed by atoms with Gasteiger partial charge < -0.3 is 29.6 Å². The maximum Gasteiger partial charge on any atom is 0.259 e. The Morgan fingerprint density at radius 2 is 2.10 bits per heavy atom. The van der Waals surface area contributed by atoms with Crippen LogP contribution in [0.5, 0.6) is 11.5 Å². The number of amides is 2. The van der Waals surface area contributed by atoms with Gasteiger partial charge in [0, 0.05) is 18.8 Å². The van der Waals surface area contributed by atoms with Crippen LogP contribution in [0.15, 0.2) is 53.4 Å². The number of ether oxygens (including phenoxy) is 2. The molecule has 0 saturated carbocycles. The molecule has 0 aliphatic carbocycles. The van der Waals surface area contributed by atoms with Gasteiger partial charge in [0.1, 0.15) is 36.5 Å². The average Bonchev–Trinajstić information content (AvgIpc) is 3.39. The van der Waals surface area contributed by atoms with E-state index < -0.39 is 6.10 Å². The van der Waals surface area contributed by atoms with E-state index in [1.165, 1.54) is 23.3 Å². The Labute approximate surface area is 178 Å². The van der Waals surface area contributed by atoms with Gasteiger partial charge in [-0.2, -0.15) is 5.10 Å². The zero-order valence-electron chi connectivity index (χ0n) is 17.2. The average molecular weight is 428 g/mol. The summed E-state index contributed by atoms with van der Waals surface area (Å²) in [5.74, 6) is 1.05. The summed E-state index contributed by atoms with van der Waals surface area (Å²) in [5.41, 5.74) is 0.876. The number of aromatic nitrogens is 2. The number of nitrogens with one attached hydrogen (secondary N) is 2. The maximum absolute atomic E-state index is 12.2. The lowest BCUT2D eigenvalue weighted by molar-refractivity contribution is -0.122. The lowest BCUT2D eigenvalue weighted by atomic mass is 10.2. The van der Waals surface area contributed by atoms with Crippen LogP contribution in [0.3, 0.4) is 0 Å². The number of aryl methyl sites for hydroxylation is 1. The molecule has 0 spiro atoms. The summed E-state index contributed by atoms with van der Waals surface area (Å²) in [5, 5.41) is 19.4. The molecular weight excluding hydrogens is 404 g/mol. The molecule has 3 rings (SSSR count). The Kier molecular flexibility index (Phi) is 7.28. The molecule has 164 valence electrons. The van der Waals surface area contributed by atoms with Crippen LogP contribution in [-0.2, 0) is 11.3 Å². The molecule has 1 aromatic carbocycles. The standard InChI is InChI=1S/C21H24N4O6/c1-14-19(6-7-30-14)21(28)24-15-9-23-25(11-15)12-20(27)22-10-16(26)13-31-18-5-3-4-17(8-18)29-2/h3-9,11,16,26H,10,12-13H2,1-2H3,(H,22,27)(H,24,28). The largest absolute Gasteiger partial charge is 0.497 e. The summed E-state index contributed by atoms with van der Waals surface area (Å²) in [4.78, 5) is 24.3. The number of benzene rings is 1. The van der Waals surface area contributed by atoms with Gasteiger partial charge in [-0.05, 0) is 25.1 Å². The first-order valence-corrected chi connectivity index (χ1v) is 9.54. The topological polar surface area (TPSA) is 128 Å². The lowest BCUT2D eigenvalue weighted by Gasteiger charge is -2.13. The van der Waals surface area contributed by atoms with Crippen molar-refractivity contribution < 1.29 is 28.6 Å². The highest BCUT2D eigenvalue weighted by Crippen LogP contribution is 2.18. The Balaban J connectivity index is 1.40. The molecule has 3 aromatic rings. The molecule has 3 N–H and O–H groups in total. The van der Waals surface area contributed by atoms with Crippen LogP contribution in [0.1, 0.15) is 16.1 Å². The minimum absolute atomic E-state index is 0.0127. The Bertz CT molecular complexity index is 1030. The quantitative estimate of drug-likeness (QED) is 0.447. The van der Waals surface area contributed by atoms with Crippen molar-refractivity contribution in [2.45, 2.75) is 19.6 Å². The van der Waals surface area contributed by atoms with Crippen LogP contribution in [0.2, 0.25) is 0 Å². The minimum Gasteiger partial charge on any atom is -0.497 e. The fourth-order valence-corrected chi connectivity index (χ4v) is 2.71. The fourth-order valence-electron chi connectivity index (χ4n) is 2.71. The molecule has 0 radical (unpaired) electrons. The molecule has 2 aromatic heterocycles. The number of methoxy groups -OCH3 is 1. The molecule has 2 heterocycles. The number of aliphatic hydroxyl groups excluding tert-OH is 1. The third-order valence-electron chi connectivity index (χ3n) is 4.32. The highest BCUT2D eigenvalue weighted by molar-refractivity contribution is 6.04. The predicted molar refractivity (Wildman–Crippen MR) is 111 cm³/mol. The van der Waals surface area contributed by atoms with E-state index in [-0.39, 0.29) is 31.5 Å². The van der Waals surface area contributed by atoms with E-state index in [0.717, 1.165) is 0 Å². The van der Waals surface area contributed by atoms with E-state index in [0.29, 0.717) is 28.5 Å². The van der Waals surface area contributed by atoms with Crippen LogP contribution >= 0.6 is 0 Å². The Hall–Kier alpha value is -3.79. The van der Waals surface area contributed by atoms with E-state index in [4.69, 9.17) is 13.9 Å². The molecule has 0 aliphatic heterocycles. The second-order valence-corrected chi connectivity index (χ2v) is 6.72. The lowest BCUT2D eigenvalue weighted by Crippen LogP contribution is -2.37. The number of aliphatic hydroxyl groups is 1. The monoisotopic (exact) mass is 428 g/mol. The second kappa shape index (κ2) is 10.3. The Morgan fingerprint density at radius 3 is 2.84 bits per heavy atom. The van der Waals surface area contributed by atoms with Crippen molar-refractivity contribution in [3.05, 3.63) is 60.3 Å². The minimum atomic E-state index is -0.888. The zero-order chi connectivity index (χ0) is 22.2. The second-order valence-electron chi connectivity index (χ2n) is 6.72. The summed E-state index contributed by atoms with van der Waals surface area (Å²) in [6, 6.07) is 8.59. The molecule has 1 atom stereocenters. The van der Waals surface area contributed by atoms with Crippen molar-refractivity contribution in [3.8, 4) is 11.5 Å². The SMILES string of the molecule is COc1cccc(OCC(O)CNC(=O)Cn2cc(NC(=O)c3ccoc3C)cn2)c1. The number of furan rings is 1. The maximum atomic E-state index is 12.2. The van der Waals surface area contributed by atoms with Crippen LogP contribution in [0, 0.1) is 6.92 Å². The molecule has 10 nitrogen and oxygen atoms in total. The number of hydrogen-bond acceptors (Lipinski definition) is 7. The number of rotatable bonds is 10. The summed E-state index contributed by atoms with van der Waals surface area (Å²) in [6.07, 6.45) is 3.53. The van der Waals surface area contributed by atoms with Gasteiger partial charge in [-0.1, -0.05) is 6.07 Å². The van der Waals surface area contributed by atoms with E-state index >= 15 is 0 Å². The molecule has 0 saturated heterocycles. The summed E-state index contributed by atoms with van der Waals surface area (Å²) in [7, 11) is 1.56. The van der Waals surface area contributed by atoms with Crippen molar-refractivity contribution in [1.29, 1.82) is 0 Å². The first kappa shape index (κ1) is 21.9. The summed E-state index contributed by atoms with van der Waals surface area (Å²) < 4.78 is 17.1. The van der Waals surface area contributed by atoms with Crippen molar-refractivity contribution in [2.75, 3.05) is 25.6 Å². The summed E-state index contributed by atoms with van der Waals surface area (Å²) in [6.45, 7) is 1.66. The molecule has 0 fully saturated rings. The van der Waals surface area contributed by atoms with E-state index in [9.17, 15) is 14.7 Å². The van der Waals surface area contributed by atoms with Crippen molar-refractivity contribution in [3.63, 3.8) is 0 Å². The van der Waals surface area contributed by atoms with Gasteiger partial charge in [-0.25, -0.2) is 0 Å². The fraction of sp³-hybridized carbons (Fsp3) is 0.286. The Morgan fingerprint density at radius 1 is 1.29 bits per heavy atom. The number of nitrogens with zero attached hydrogens (tertiary/aromatic N) is 2.